The van der Waals surface area contributed by atoms with E-state index in [-0.39, 0.29) is 12.1 Å². The third-order valence-electron chi connectivity index (χ3n) is 4.82. The molecule has 2 aliphatic heterocycles. The van der Waals surface area contributed by atoms with Crippen LogP contribution >= 0.6 is 0 Å². The van der Waals surface area contributed by atoms with Crippen molar-refractivity contribution in [1.82, 2.24) is 29.9 Å². The smallest absolute Gasteiger partial charge is 0.121 e. The maximum Gasteiger partial charge on any atom is 0.121 e. The second kappa shape index (κ2) is 5.14. The number of nitrogens with zero attached hydrogens (tertiary/aromatic N) is 5. The normalized spacial score (nSPS) is 24.5. The van der Waals surface area contributed by atoms with Gasteiger partial charge in [0.2, 0.25) is 0 Å². The van der Waals surface area contributed by atoms with E-state index in [1.165, 1.54) is 0 Å². The fourth-order valence-corrected chi connectivity index (χ4v) is 3.68. The van der Waals surface area contributed by atoms with Crippen LogP contribution in [-0.2, 0) is 17.9 Å². The lowest BCUT2D eigenvalue weighted by Crippen LogP contribution is -2.47. The van der Waals surface area contributed by atoms with Crippen molar-refractivity contribution in [3.05, 3.63) is 42.0 Å². The van der Waals surface area contributed by atoms with Crippen LogP contribution in [0.1, 0.15) is 24.0 Å². The topological polar surface area (TPSA) is 71.9 Å². The summed E-state index contributed by atoms with van der Waals surface area (Å²) in [7, 11) is 0. The van der Waals surface area contributed by atoms with Gasteiger partial charge in [-0.15, -0.1) is 5.10 Å². The molecule has 1 N–H and O–H groups in total. The van der Waals surface area contributed by atoms with Gasteiger partial charge in [-0.3, -0.25) is 4.90 Å². The third kappa shape index (κ3) is 2.24. The molecule has 0 unspecified atom stereocenters. The summed E-state index contributed by atoms with van der Waals surface area (Å²) in [5, 5.41) is 8.28. The highest BCUT2D eigenvalue weighted by molar-refractivity contribution is 5.74. The molecule has 2 atom stereocenters. The first-order valence-electron chi connectivity index (χ1n) is 8.03. The van der Waals surface area contributed by atoms with Crippen molar-refractivity contribution >= 4 is 11.0 Å². The number of piperidine rings is 1. The number of H-pyrrole nitrogens is 1. The minimum atomic E-state index is 0.246. The molecule has 5 rings (SSSR count). The van der Waals surface area contributed by atoms with Gasteiger partial charge in [-0.2, -0.15) is 0 Å². The van der Waals surface area contributed by atoms with Gasteiger partial charge < -0.3 is 9.72 Å². The van der Waals surface area contributed by atoms with Crippen LogP contribution in [0.2, 0.25) is 0 Å². The molecule has 0 aliphatic carbocycles. The molecule has 118 valence electrons. The number of fused-ring (bicyclic) bond motifs is 4. The Balaban J connectivity index is 1.37. The Labute approximate surface area is 133 Å². The molecule has 0 amide bonds. The summed E-state index contributed by atoms with van der Waals surface area (Å²) in [4.78, 5) is 10.5. The van der Waals surface area contributed by atoms with Crippen molar-refractivity contribution in [2.75, 3.05) is 13.1 Å². The fourth-order valence-electron chi connectivity index (χ4n) is 3.68. The Bertz CT molecular complexity index is 807. The van der Waals surface area contributed by atoms with Crippen molar-refractivity contribution < 1.29 is 4.74 Å². The van der Waals surface area contributed by atoms with Crippen molar-refractivity contribution in [1.29, 1.82) is 0 Å². The average Bonchev–Trinajstić information content (AvgIpc) is 3.20. The van der Waals surface area contributed by atoms with Gasteiger partial charge in [0.15, 0.2) is 0 Å². The van der Waals surface area contributed by atoms with E-state index in [0.717, 1.165) is 48.6 Å². The molecule has 23 heavy (non-hydrogen) atoms. The summed E-state index contributed by atoms with van der Waals surface area (Å²) in [6, 6.07) is 8.40. The van der Waals surface area contributed by atoms with Crippen molar-refractivity contribution in [3.8, 4) is 0 Å². The highest BCUT2D eigenvalue weighted by Crippen LogP contribution is 2.30. The summed E-state index contributed by atoms with van der Waals surface area (Å²) in [6.07, 6.45) is 3.06. The largest absolute Gasteiger partial charge is 0.370 e. The average molecular weight is 310 g/mol. The number of likely N-dealkylation sites (tertiary alicyclic amines) is 1. The Morgan fingerprint density at radius 2 is 2.26 bits per heavy atom. The molecule has 1 saturated heterocycles. The van der Waals surface area contributed by atoms with Crippen LogP contribution in [0.15, 0.2) is 30.5 Å². The molecule has 7 nitrogen and oxygen atoms in total. The van der Waals surface area contributed by atoms with Crippen LogP contribution < -0.4 is 0 Å². The van der Waals surface area contributed by atoms with E-state index >= 15 is 0 Å². The first-order chi connectivity index (χ1) is 11.4. The number of benzene rings is 1. The lowest BCUT2D eigenvalue weighted by molar-refractivity contribution is -0.0672. The molecule has 0 bridgehead atoms. The van der Waals surface area contributed by atoms with Crippen LogP contribution in [0.5, 0.6) is 0 Å². The summed E-state index contributed by atoms with van der Waals surface area (Å²) in [5.74, 6) is 1.01. The van der Waals surface area contributed by atoms with Crippen LogP contribution in [0, 0.1) is 0 Å². The minimum absolute atomic E-state index is 0.246. The number of ether oxygens (including phenoxy) is 1. The van der Waals surface area contributed by atoms with Crippen molar-refractivity contribution in [2.24, 2.45) is 0 Å². The number of aromatic amines is 1. The molecule has 2 aromatic heterocycles. The molecule has 3 aromatic rings. The molecule has 1 aromatic carbocycles. The molecule has 0 saturated carbocycles. The lowest BCUT2D eigenvalue weighted by Gasteiger charge is -2.40. The zero-order valence-electron chi connectivity index (χ0n) is 12.7. The SMILES string of the molecule is c1ccc2[nH]c(CN3CC[C@@H]4OCc5cnnn5[C@H]4C3)nc2c1. The summed E-state index contributed by atoms with van der Waals surface area (Å²) >= 11 is 0. The second-order valence-corrected chi connectivity index (χ2v) is 6.31. The van der Waals surface area contributed by atoms with Crippen molar-refractivity contribution in [3.63, 3.8) is 0 Å². The molecule has 1 fully saturated rings. The van der Waals surface area contributed by atoms with Crippen LogP contribution in [0.25, 0.3) is 11.0 Å². The van der Waals surface area contributed by atoms with Gasteiger partial charge in [0.05, 0.1) is 48.2 Å². The fraction of sp³-hybridized carbons (Fsp3) is 0.438. The van der Waals surface area contributed by atoms with Gasteiger partial charge >= 0.3 is 0 Å². The summed E-state index contributed by atoms with van der Waals surface area (Å²) < 4.78 is 8.00. The van der Waals surface area contributed by atoms with Gasteiger partial charge in [0, 0.05) is 13.1 Å². The Morgan fingerprint density at radius 1 is 1.30 bits per heavy atom. The highest BCUT2D eigenvalue weighted by atomic mass is 16.5. The molecule has 4 heterocycles. The summed E-state index contributed by atoms with van der Waals surface area (Å²) in [6.45, 7) is 3.37. The maximum absolute atomic E-state index is 5.96. The number of imidazole rings is 1. The van der Waals surface area contributed by atoms with E-state index < -0.39 is 0 Å². The third-order valence-corrected chi connectivity index (χ3v) is 4.82. The van der Waals surface area contributed by atoms with Gasteiger partial charge in [-0.25, -0.2) is 9.67 Å². The van der Waals surface area contributed by atoms with Crippen LogP contribution in [0.4, 0.5) is 0 Å². The van der Waals surface area contributed by atoms with E-state index in [9.17, 15) is 0 Å². The maximum atomic E-state index is 5.96. The Hall–Kier alpha value is -2.25. The summed E-state index contributed by atoms with van der Waals surface area (Å²) in [5.41, 5.74) is 3.19. The van der Waals surface area contributed by atoms with E-state index in [1.807, 2.05) is 22.9 Å². The Morgan fingerprint density at radius 3 is 3.22 bits per heavy atom. The molecule has 7 heteroatoms. The van der Waals surface area contributed by atoms with Gasteiger partial charge in [-0.1, -0.05) is 17.3 Å². The zero-order valence-corrected chi connectivity index (χ0v) is 12.7. The molecule has 0 radical (unpaired) electrons. The second-order valence-electron chi connectivity index (χ2n) is 6.31. The molecule has 0 spiro atoms. The number of rotatable bonds is 2. The van der Waals surface area contributed by atoms with Crippen molar-refractivity contribution in [2.45, 2.75) is 31.7 Å². The monoisotopic (exact) mass is 310 g/mol. The van der Waals surface area contributed by atoms with Gasteiger partial charge in [-0.05, 0) is 18.6 Å². The van der Waals surface area contributed by atoms with Gasteiger partial charge in [0.25, 0.3) is 0 Å². The lowest BCUT2D eigenvalue weighted by atomic mass is 10.0. The first-order valence-corrected chi connectivity index (χ1v) is 8.03. The number of aromatic nitrogens is 5. The number of hydrogen-bond acceptors (Lipinski definition) is 5. The van der Waals surface area contributed by atoms with Crippen LogP contribution in [0.3, 0.4) is 0 Å². The molecular weight excluding hydrogens is 292 g/mol. The predicted molar refractivity (Wildman–Crippen MR) is 83.6 cm³/mol. The van der Waals surface area contributed by atoms with E-state index in [0.29, 0.717) is 6.61 Å². The van der Waals surface area contributed by atoms with Crippen LogP contribution in [-0.4, -0.2) is 49.1 Å². The number of para-hydroxylation sites is 2. The van der Waals surface area contributed by atoms with E-state index in [1.54, 1.807) is 6.20 Å². The first kappa shape index (κ1) is 13.2. The van der Waals surface area contributed by atoms with Gasteiger partial charge in [0.1, 0.15) is 5.82 Å². The minimum Gasteiger partial charge on any atom is -0.370 e. The standard InChI is InChI=1S/C16H18N6O/c1-2-4-13-12(3-1)18-16(19-13)9-21-6-5-15-14(8-21)22-11(10-23-15)7-17-20-22/h1-4,7,14-15H,5-6,8-10H2,(H,18,19)/t14-,15-/m0/s1. The van der Waals surface area contributed by atoms with E-state index in [4.69, 9.17) is 4.74 Å². The highest BCUT2D eigenvalue weighted by Gasteiger charge is 2.36. The molecular formula is C16H18N6O. The Kier molecular flexibility index (Phi) is 2.95. The predicted octanol–water partition coefficient (Wildman–Crippen LogP) is 1.50. The molecule has 2 aliphatic rings. The quantitative estimate of drug-likeness (QED) is 0.776. The zero-order chi connectivity index (χ0) is 15.2. The number of hydrogen-bond donors (Lipinski definition) is 1. The number of nitrogens with one attached hydrogen (secondary N) is 1. The van der Waals surface area contributed by atoms with E-state index in [2.05, 4.69) is 31.2 Å².